The summed E-state index contributed by atoms with van der Waals surface area (Å²) in [4.78, 5) is 21.7. The molecular weight excluding hydrogens is 362 g/mol. The van der Waals surface area contributed by atoms with Gasteiger partial charge in [-0.15, -0.1) is 0 Å². The fraction of sp³-hybridized carbons (Fsp3) is 0.333. The van der Waals surface area contributed by atoms with Crippen molar-refractivity contribution in [2.24, 2.45) is 0 Å². The van der Waals surface area contributed by atoms with Gasteiger partial charge in [0.2, 0.25) is 5.91 Å². The summed E-state index contributed by atoms with van der Waals surface area (Å²) < 4.78 is 6.14. The second-order valence-electron chi connectivity index (χ2n) is 8.06. The van der Waals surface area contributed by atoms with E-state index < -0.39 is 5.54 Å². The Morgan fingerprint density at radius 1 is 1.10 bits per heavy atom. The number of aromatic nitrogens is 1. The van der Waals surface area contributed by atoms with Crippen molar-refractivity contribution in [1.82, 2.24) is 9.88 Å². The van der Waals surface area contributed by atoms with Gasteiger partial charge in [-0.2, -0.15) is 0 Å². The molecule has 2 aliphatic rings. The SMILES string of the molecule is Cc1cc2ccccc2nc1N1CC[C@]2(c3ccccc3)[C@@H](C1)OCC(=O)N2C. The molecule has 5 heteroatoms. The van der Waals surface area contributed by atoms with Gasteiger partial charge in [-0.05, 0) is 36.6 Å². The lowest BCUT2D eigenvalue weighted by Crippen LogP contribution is -2.67. The standard InChI is InChI=1S/C24H25N3O2/c1-17-14-18-8-6-7-11-20(18)25-23(17)27-13-12-24(19-9-4-3-5-10-19)21(15-27)29-16-22(28)26(24)2/h3-11,14,21H,12-13,15-16H2,1-2H3/t21-,24+/m1/s1. The number of para-hydroxylation sites is 1. The monoisotopic (exact) mass is 387 g/mol. The van der Waals surface area contributed by atoms with Gasteiger partial charge in [0.1, 0.15) is 18.5 Å². The highest BCUT2D eigenvalue weighted by molar-refractivity contribution is 5.82. The summed E-state index contributed by atoms with van der Waals surface area (Å²) >= 11 is 0. The van der Waals surface area contributed by atoms with Gasteiger partial charge in [0.25, 0.3) is 0 Å². The van der Waals surface area contributed by atoms with Crippen LogP contribution in [0.3, 0.4) is 0 Å². The van der Waals surface area contributed by atoms with Crippen molar-refractivity contribution in [2.45, 2.75) is 25.0 Å². The summed E-state index contributed by atoms with van der Waals surface area (Å²) in [6.45, 7) is 3.77. The van der Waals surface area contributed by atoms with Crippen molar-refractivity contribution in [3.8, 4) is 0 Å². The molecule has 5 rings (SSSR count). The van der Waals surface area contributed by atoms with E-state index in [1.165, 1.54) is 0 Å². The van der Waals surface area contributed by atoms with E-state index in [1.807, 2.05) is 42.3 Å². The molecule has 2 aliphatic heterocycles. The zero-order valence-electron chi connectivity index (χ0n) is 16.8. The first kappa shape index (κ1) is 18.1. The van der Waals surface area contributed by atoms with Crippen LogP contribution in [0.25, 0.3) is 10.9 Å². The summed E-state index contributed by atoms with van der Waals surface area (Å²) in [6, 6.07) is 20.7. The Morgan fingerprint density at radius 2 is 1.86 bits per heavy atom. The van der Waals surface area contributed by atoms with Crippen LogP contribution in [0.15, 0.2) is 60.7 Å². The van der Waals surface area contributed by atoms with Gasteiger partial charge >= 0.3 is 0 Å². The molecule has 3 heterocycles. The number of anilines is 1. The predicted octanol–water partition coefficient (Wildman–Crippen LogP) is 3.51. The van der Waals surface area contributed by atoms with Crippen LogP contribution in [0.2, 0.25) is 0 Å². The third-order valence-corrected chi connectivity index (χ3v) is 6.52. The van der Waals surface area contributed by atoms with Gasteiger partial charge in [-0.1, -0.05) is 48.5 Å². The number of nitrogens with zero attached hydrogens (tertiary/aromatic N) is 3. The van der Waals surface area contributed by atoms with Crippen molar-refractivity contribution < 1.29 is 9.53 Å². The Morgan fingerprint density at radius 3 is 2.69 bits per heavy atom. The fourth-order valence-electron chi connectivity index (χ4n) is 4.95. The van der Waals surface area contributed by atoms with E-state index in [4.69, 9.17) is 9.72 Å². The Kier molecular flexibility index (Phi) is 4.28. The van der Waals surface area contributed by atoms with Crippen LogP contribution in [-0.2, 0) is 15.1 Å². The van der Waals surface area contributed by atoms with Crippen molar-refractivity contribution >= 4 is 22.6 Å². The first-order valence-electron chi connectivity index (χ1n) is 10.1. The van der Waals surface area contributed by atoms with Crippen molar-refractivity contribution in [1.29, 1.82) is 0 Å². The lowest BCUT2D eigenvalue weighted by Gasteiger charge is -2.55. The maximum atomic E-state index is 12.6. The average Bonchev–Trinajstić information content (AvgIpc) is 2.76. The Balaban J connectivity index is 1.53. The van der Waals surface area contributed by atoms with Crippen LogP contribution in [-0.4, -0.2) is 48.6 Å². The Bertz CT molecular complexity index is 1070. The number of benzene rings is 2. The Labute approximate surface area is 170 Å². The number of carbonyl (C=O) groups excluding carboxylic acids is 1. The molecule has 0 unspecified atom stereocenters. The fourth-order valence-corrected chi connectivity index (χ4v) is 4.95. The number of pyridine rings is 1. The van der Waals surface area contributed by atoms with E-state index in [-0.39, 0.29) is 18.6 Å². The molecule has 0 bridgehead atoms. The molecule has 0 radical (unpaired) electrons. The van der Waals surface area contributed by atoms with Crippen LogP contribution >= 0.6 is 0 Å². The van der Waals surface area contributed by atoms with Crippen molar-refractivity contribution in [3.63, 3.8) is 0 Å². The zero-order valence-corrected chi connectivity index (χ0v) is 16.8. The highest BCUT2D eigenvalue weighted by Gasteiger charge is 2.52. The minimum atomic E-state index is -0.433. The van der Waals surface area contributed by atoms with E-state index in [0.29, 0.717) is 6.54 Å². The molecule has 29 heavy (non-hydrogen) atoms. The molecule has 0 N–H and O–H groups in total. The third-order valence-electron chi connectivity index (χ3n) is 6.52. The second kappa shape index (κ2) is 6.85. The lowest BCUT2D eigenvalue weighted by atomic mass is 9.76. The Hall–Kier alpha value is -2.92. The second-order valence-corrected chi connectivity index (χ2v) is 8.06. The number of aryl methyl sites for hydroxylation is 1. The molecule has 2 atom stereocenters. The van der Waals surface area contributed by atoms with E-state index in [9.17, 15) is 4.79 Å². The smallest absolute Gasteiger partial charge is 0.249 e. The first-order chi connectivity index (χ1) is 14.1. The molecule has 2 saturated heterocycles. The summed E-state index contributed by atoms with van der Waals surface area (Å²) in [5, 5.41) is 1.16. The molecular formula is C24H25N3O2. The number of carbonyl (C=O) groups is 1. The molecule has 5 nitrogen and oxygen atoms in total. The molecule has 0 aliphatic carbocycles. The first-order valence-corrected chi connectivity index (χ1v) is 10.1. The van der Waals surface area contributed by atoms with Crippen LogP contribution in [0.4, 0.5) is 5.82 Å². The summed E-state index contributed by atoms with van der Waals surface area (Å²) in [6.07, 6.45) is 0.701. The van der Waals surface area contributed by atoms with Crippen LogP contribution < -0.4 is 4.90 Å². The molecule has 1 amide bonds. The van der Waals surface area contributed by atoms with Gasteiger partial charge in [0.15, 0.2) is 0 Å². The lowest BCUT2D eigenvalue weighted by molar-refractivity contribution is -0.173. The number of rotatable bonds is 2. The average molecular weight is 387 g/mol. The minimum Gasteiger partial charge on any atom is -0.364 e. The van der Waals surface area contributed by atoms with Crippen LogP contribution in [0.1, 0.15) is 17.5 Å². The molecule has 0 spiro atoms. The topological polar surface area (TPSA) is 45.7 Å². The largest absolute Gasteiger partial charge is 0.364 e. The number of piperidine rings is 1. The number of fused-ring (bicyclic) bond motifs is 2. The molecule has 3 aromatic rings. The third kappa shape index (κ3) is 2.80. The van der Waals surface area contributed by atoms with E-state index in [2.05, 4.69) is 42.2 Å². The summed E-state index contributed by atoms with van der Waals surface area (Å²) in [5.74, 6) is 1.05. The maximum Gasteiger partial charge on any atom is 0.249 e. The molecule has 148 valence electrons. The van der Waals surface area contributed by atoms with Gasteiger partial charge in [-0.25, -0.2) is 4.98 Å². The maximum absolute atomic E-state index is 12.6. The molecule has 0 saturated carbocycles. The number of likely N-dealkylation sites (N-methyl/N-ethyl adjacent to an activating group) is 1. The van der Waals surface area contributed by atoms with Crippen molar-refractivity contribution in [2.75, 3.05) is 31.6 Å². The van der Waals surface area contributed by atoms with Crippen molar-refractivity contribution in [3.05, 3.63) is 71.8 Å². The predicted molar refractivity (Wildman–Crippen MR) is 114 cm³/mol. The highest BCUT2D eigenvalue weighted by atomic mass is 16.5. The van der Waals surface area contributed by atoms with Gasteiger partial charge in [0, 0.05) is 25.5 Å². The van der Waals surface area contributed by atoms with Gasteiger partial charge < -0.3 is 14.5 Å². The van der Waals surface area contributed by atoms with Crippen LogP contribution in [0.5, 0.6) is 0 Å². The summed E-state index contributed by atoms with van der Waals surface area (Å²) in [7, 11) is 1.92. The van der Waals surface area contributed by atoms with E-state index >= 15 is 0 Å². The number of hydrogen-bond acceptors (Lipinski definition) is 4. The van der Waals surface area contributed by atoms with Crippen LogP contribution in [0, 0.1) is 6.92 Å². The molecule has 2 aromatic carbocycles. The van der Waals surface area contributed by atoms with Gasteiger partial charge in [0.05, 0.1) is 11.1 Å². The molecule has 1 aromatic heterocycles. The van der Waals surface area contributed by atoms with Gasteiger partial charge in [-0.3, -0.25) is 4.79 Å². The minimum absolute atomic E-state index is 0.0403. The number of morpholine rings is 1. The number of hydrogen-bond donors (Lipinski definition) is 0. The molecule has 2 fully saturated rings. The highest BCUT2D eigenvalue weighted by Crippen LogP contribution is 2.43. The zero-order chi connectivity index (χ0) is 20.0. The summed E-state index contributed by atoms with van der Waals surface area (Å²) in [5.41, 5.74) is 2.88. The van der Waals surface area contributed by atoms with E-state index in [0.717, 1.165) is 40.8 Å². The number of amides is 1. The normalized spacial score (nSPS) is 24.6. The van der Waals surface area contributed by atoms with E-state index in [1.54, 1.807) is 0 Å². The quantitative estimate of drug-likeness (QED) is 0.675. The number of ether oxygens (including phenoxy) is 1.